The quantitative estimate of drug-likeness (QED) is 0.0431. The molecule has 0 bridgehead atoms. The molecule has 4 N–H and O–H groups in total. The number of amides is 4. The SMILES string of the molecule is CC(=O)C(N=Nc1ccc(Cl)c(C(=O)Nc2ccc(CCl)cc2)c1)C(=O)Nc1cc(Cl)c(NC(=O)C(N=Nc2ccc(Cl)c(C(=O)Nc3ccc(CCl)cc3)c2)C(C)=O)c(Cl)c1. The van der Waals surface area contributed by atoms with Gasteiger partial charge < -0.3 is 21.3 Å². The molecule has 0 heterocycles. The van der Waals surface area contributed by atoms with Crippen LogP contribution in [0.1, 0.15) is 45.7 Å². The van der Waals surface area contributed by atoms with Crippen LogP contribution in [0.15, 0.2) is 118 Å². The number of alkyl halides is 2. The molecule has 0 saturated carbocycles. The second-order valence-corrected chi connectivity index (χ2v) is 15.3. The van der Waals surface area contributed by atoms with Crippen molar-refractivity contribution in [2.24, 2.45) is 20.5 Å². The molecule has 0 aliphatic carbocycles. The number of carbonyl (C=O) groups excluding carboxylic acids is 6. The Hall–Kier alpha value is -5.74. The van der Waals surface area contributed by atoms with Crippen LogP contribution >= 0.6 is 69.6 Å². The Morgan fingerprint density at radius 3 is 1.24 bits per heavy atom. The van der Waals surface area contributed by atoms with Gasteiger partial charge in [-0.2, -0.15) is 20.5 Å². The molecule has 14 nitrogen and oxygen atoms in total. The van der Waals surface area contributed by atoms with Gasteiger partial charge in [-0.15, -0.1) is 23.2 Å². The Bertz CT molecular complexity index is 2590. The van der Waals surface area contributed by atoms with Crippen LogP contribution < -0.4 is 21.3 Å². The van der Waals surface area contributed by atoms with Crippen molar-refractivity contribution in [1.82, 2.24) is 0 Å². The monoisotopic (exact) mass is 954 g/mol. The van der Waals surface area contributed by atoms with Crippen molar-refractivity contribution < 1.29 is 28.8 Å². The van der Waals surface area contributed by atoms with E-state index in [1.165, 1.54) is 48.5 Å². The summed E-state index contributed by atoms with van der Waals surface area (Å²) in [5, 5.41) is 26.1. The molecule has 2 unspecified atom stereocenters. The minimum atomic E-state index is -1.67. The minimum absolute atomic E-state index is 0.0200. The highest BCUT2D eigenvalue weighted by molar-refractivity contribution is 6.40. The lowest BCUT2D eigenvalue weighted by molar-refractivity contribution is -0.127. The van der Waals surface area contributed by atoms with Gasteiger partial charge in [0.15, 0.2) is 11.6 Å². The molecule has 62 heavy (non-hydrogen) atoms. The Morgan fingerprint density at radius 1 is 0.484 bits per heavy atom. The van der Waals surface area contributed by atoms with E-state index in [2.05, 4.69) is 41.7 Å². The fraction of sp³-hybridized carbons (Fsp3) is 0.143. The number of halogens is 6. The summed E-state index contributed by atoms with van der Waals surface area (Å²) >= 11 is 37.1. The van der Waals surface area contributed by atoms with Crippen molar-refractivity contribution in [3.8, 4) is 0 Å². The van der Waals surface area contributed by atoms with Gasteiger partial charge in [-0.1, -0.05) is 70.7 Å². The minimum Gasteiger partial charge on any atom is -0.324 e. The summed E-state index contributed by atoms with van der Waals surface area (Å²) in [6, 6.07) is 21.3. The third-order valence-electron chi connectivity index (χ3n) is 8.52. The van der Waals surface area contributed by atoms with Gasteiger partial charge in [-0.05, 0) is 97.8 Å². The van der Waals surface area contributed by atoms with E-state index in [9.17, 15) is 28.8 Å². The first-order valence-electron chi connectivity index (χ1n) is 18.0. The number of nitrogens with one attached hydrogen (secondary N) is 4. The van der Waals surface area contributed by atoms with E-state index in [0.717, 1.165) is 25.0 Å². The summed E-state index contributed by atoms with van der Waals surface area (Å²) in [4.78, 5) is 77.6. The first-order chi connectivity index (χ1) is 29.6. The summed E-state index contributed by atoms with van der Waals surface area (Å²) in [7, 11) is 0. The lowest BCUT2D eigenvalue weighted by atomic mass is 10.1. The molecule has 5 aromatic rings. The van der Waals surface area contributed by atoms with E-state index in [1.54, 1.807) is 48.5 Å². The predicted octanol–water partition coefficient (Wildman–Crippen LogP) is 11.6. The topological polar surface area (TPSA) is 200 Å². The maximum absolute atomic E-state index is 13.3. The van der Waals surface area contributed by atoms with E-state index in [-0.39, 0.29) is 54.0 Å². The van der Waals surface area contributed by atoms with Crippen LogP contribution in [0.5, 0.6) is 0 Å². The number of anilines is 4. The molecule has 5 rings (SSSR count). The maximum Gasteiger partial charge on any atom is 0.258 e. The fourth-order valence-corrected chi connectivity index (χ4v) is 6.65. The van der Waals surface area contributed by atoms with Gasteiger partial charge in [0.2, 0.25) is 12.1 Å². The van der Waals surface area contributed by atoms with Gasteiger partial charge in [0, 0.05) is 28.8 Å². The average molecular weight is 957 g/mol. The first kappa shape index (κ1) is 47.3. The van der Waals surface area contributed by atoms with Crippen molar-refractivity contribution in [2.45, 2.75) is 37.7 Å². The lowest BCUT2D eigenvalue weighted by Crippen LogP contribution is -2.32. The Kier molecular flexibility index (Phi) is 16.7. The third-order valence-corrected chi connectivity index (χ3v) is 10.4. The van der Waals surface area contributed by atoms with E-state index in [0.29, 0.717) is 23.1 Å². The summed E-state index contributed by atoms with van der Waals surface area (Å²) in [5.41, 5.74) is 2.97. The Labute approximate surface area is 384 Å². The molecule has 0 fully saturated rings. The van der Waals surface area contributed by atoms with Gasteiger partial charge in [0.25, 0.3) is 23.6 Å². The number of hydrogen-bond donors (Lipinski definition) is 4. The number of azo groups is 2. The van der Waals surface area contributed by atoms with Crippen LogP contribution in [0.3, 0.4) is 0 Å². The van der Waals surface area contributed by atoms with E-state index in [1.807, 2.05) is 0 Å². The van der Waals surface area contributed by atoms with Gasteiger partial charge in [0.05, 0.1) is 48.3 Å². The number of ketones is 2. The molecule has 0 saturated heterocycles. The number of nitrogens with zero attached hydrogens (tertiary/aromatic N) is 4. The maximum atomic E-state index is 13.3. The zero-order valence-corrected chi connectivity index (χ0v) is 36.8. The Balaban J connectivity index is 1.24. The molecular weight excluding hydrogens is 925 g/mol. The second kappa shape index (κ2) is 21.9. The lowest BCUT2D eigenvalue weighted by Gasteiger charge is -2.15. The normalized spacial score (nSPS) is 12.1. The largest absolute Gasteiger partial charge is 0.324 e. The fourth-order valence-electron chi connectivity index (χ4n) is 5.30. The smallest absolute Gasteiger partial charge is 0.258 e. The number of carbonyl (C=O) groups is 6. The van der Waals surface area contributed by atoms with Crippen LogP contribution in [0.2, 0.25) is 20.1 Å². The highest BCUT2D eigenvalue weighted by Gasteiger charge is 2.27. The molecule has 0 aromatic heterocycles. The summed E-state index contributed by atoms with van der Waals surface area (Å²) in [5.74, 6) is -3.67. The molecule has 20 heteroatoms. The molecule has 318 valence electrons. The number of hydrogen-bond acceptors (Lipinski definition) is 10. The van der Waals surface area contributed by atoms with E-state index in [4.69, 9.17) is 69.6 Å². The van der Waals surface area contributed by atoms with Crippen LogP contribution in [0, 0.1) is 0 Å². The van der Waals surface area contributed by atoms with Gasteiger partial charge in [-0.25, -0.2) is 0 Å². The molecule has 2 atom stereocenters. The number of rotatable bonds is 16. The summed E-state index contributed by atoms with van der Waals surface area (Å²) in [6.45, 7) is 2.25. The van der Waals surface area contributed by atoms with Crippen molar-refractivity contribution in [3.05, 3.63) is 139 Å². The van der Waals surface area contributed by atoms with Crippen LogP contribution in [0.25, 0.3) is 0 Å². The first-order valence-corrected chi connectivity index (χ1v) is 20.6. The molecule has 0 aliphatic rings. The zero-order chi connectivity index (χ0) is 45.1. The molecule has 0 radical (unpaired) electrons. The molecule has 0 spiro atoms. The third kappa shape index (κ3) is 12.7. The highest BCUT2D eigenvalue weighted by atomic mass is 35.5. The molecular formula is C42H32Cl6N8O6. The van der Waals surface area contributed by atoms with Gasteiger partial charge in [0.1, 0.15) is 0 Å². The predicted molar refractivity (Wildman–Crippen MR) is 242 cm³/mol. The van der Waals surface area contributed by atoms with Crippen molar-refractivity contribution >= 4 is 139 Å². The number of Topliss-reactive ketones (excluding diaryl/α,β-unsaturated/α-hetero) is 2. The standard InChI is InChI=1S/C42H32Cl6N8O6/c1-21(57)36(55-53-27-11-13-32(45)30(15-27)39(59)49-25-7-3-23(19-43)4-8-25)41(61)51-29-17-34(47)38(35(48)18-29)52-42(62)37(22(2)58)56-54-28-12-14-33(46)31(16-28)40(60)50-26-9-5-24(20-44)6-10-26/h3-18,36-37H,19-20H2,1-2H3,(H,49,59)(H,50,60)(H,51,61)(H,52,62). The summed E-state index contributed by atoms with van der Waals surface area (Å²) < 4.78 is 0. The van der Waals surface area contributed by atoms with E-state index < -0.39 is 47.3 Å². The average Bonchev–Trinajstić information content (AvgIpc) is 3.23. The zero-order valence-electron chi connectivity index (χ0n) is 32.3. The molecule has 4 amide bonds. The second-order valence-electron chi connectivity index (χ2n) is 13.1. The van der Waals surface area contributed by atoms with Gasteiger partial charge in [-0.3, -0.25) is 28.8 Å². The van der Waals surface area contributed by atoms with Crippen LogP contribution in [-0.2, 0) is 30.9 Å². The highest BCUT2D eigenvalue weighted by Crippen LogP contribution is 2.35. The van der Waals surface area contributed by atoms with Crippen molar-refractivity contribution in [3.63, 3.8) is 0 Å². The number of benzene rings is 5. The van der Waals surface area contributed by atoms with Crippen LogP contribution in [0.4, 0.5) is 34.1 Å². The van der Waals surface area contributed by atoms with E-state index >= 15 is 0 Å². The molecule has 0 aliphatic heterocycles. The van der Waals surface area contributed by atoms with Crippen LogP contribution in [-0.4, -0.2) is 47.3 Å². The van der Waals surface area contributed by atoms with Gasteiger partial charge >= 0.3 is 0 Å². The van der Waals surface area contributed by atoms with Crippen molar-refractivity contribution in [1.29, 1.82) is 0 Å². The molecule has 5 aromatic carbocycles. The Morgan fingerprint density at radius 2 is 0.871 bits per heavy atom. The summed E-state index contributed by atoms with van der Waals surface area (Å²) in [6.07, 6.45) is 0. The van der Waals surface area contributed by atoms with Crippen molar-refractivity contribution in [2.75, 3.05) is 21.3 Å².